The van der Waals surface area contributed by atoms with Gasteiger partial charge in [-0.15, -0.1) is 0 Å². The van der Waals surface area contributed by atoms with Crippen molar-refractivity contribution in [1.29, 1.82) is 0 Å². The summed E-state index contributed by atoms with van der Waals surface area (Å²) in [6, 6.07) is 8.11. The van der Waals surface area contributed by atoms with Crippen LogP contribution in [0.5, 0.6) is 0 Å². The Morgan fingerprint density at radius 1 is 1.13 bits per heavy atom. The lowest BCUT2D eigenvalue weighted by Gasteiger charge is -2.09. The summed E-state index contributed by atoms with van der Waals surface area (Å²) in [7, 11) is 0. The third-order valence-electron chi connectivity index (χ3n) is 2.54. The number of rotatable bonds is 6. The summed E-state index contributed by atoms with van der Waals surface area (Å²) in [5.74, 6) is 0. The van der Waals surface area contributed by atoms with Crippen LogP contribution in [0.3, 0.4) is 0 Å². The average Bonchev–Trinajstić information content (AvgIpc) is 2.25. The molecule has 84 valence electrons. The molecule has 1 unspecified atom stereocenters. The van der Waals surface area contributed by atoms with Gasteiger partial charge in [0, 0.05) is 9.85 Å². The number of alkyl halides is 1. The lowest BCUT2D eigenvalue weighted by atomic mass is 10.1. The van der Waals surface area contributed by atoms with Crippen molar-refractivity contribution in [3.05, 3.63) is 34.9 Å². The summed E-state index contributed by atoms with van der Waals surface area (Å²) in [6.45, 7) is 2.24. The van der Waals surface area contributed by atoms with Crippen molar-refractivity contribution >= 4 is 27.5 Å². The molecule has 0 nitrogen and oxygen atoms in total. The molecule has 0 aliphatic heterocycles. The lowest BCUT2D eigenvalue weighted by molar-refractivity contribution is 0.630. The van der Waals surface area contributed by atoms with E-state index in [1.807, 2.05) is 12.1 Å². The Balaban J connectivity index is 2.33. The molecule has 15 heavy (non-hydrogen) atoms. The minimum Gasteiger partial charge on any atom is -0.0843 e. The molecule has 1 aromatic rings. The van der Waals surface area contributed by atoms with Gasteiger partial charge >= 0.3 is 0 Å². The van der Waals surface area contributed by atoms with E-state index in [-0.39, 0.29) is 0 Å². The summed E-state index contributed by atoms with van der Waals surface area (Å²) >= 11 is 9.57. The van der Waals surface area contributed by atoms with Crippen LogP contribution in [-0.2, 0) is 0 Å². The lowest BCUT2D eigenvalue weighted by Crippen LogP contribution is -1.89. The molecular formula is C13H18BrCl. The van der Waals surface area contributed by atoms with E-state index >= 15 is 0 Å². The van der Waals surface area contributed by atoms with Crippen molar-refractivity contribution in [2.75, 3.05) is 0 Å². The first-order chi connectivity index (χ1) is 7.24. The zero-order valence-corrected chi connectivity index (χ0v) is 11.5. The van der Waals surface area contributed by atoms with E-state index < -0.39 is 0 Å². The van der Waals surface area contributed by atoms with Gasteiger partial charge in [0.25, 0.3) is 0 Å². The van der Waals surface area contributed by atoms with Crippen molar-refractivity contribution in [3.8, 4) is 0 Å². The quantitative estimate of drug-likeness (QED) is 0.462. The predicted molar refractivity (Wildman–Crippen MR) is 71.9 cm³/mol. The zero-order chi connectivity index (χ0) is 11.1. The molecule has 1 atom stereocenters. The Labute approximate surface area is 106 Å². The Kier molecular flexibility index (Phi) is 6.35. The maximum absolute atomic E-state index is 5.85. The SMILES string of the molecule is CCCCCCC(Br)c1ccc(Cl)cc1. The predicted octanol–water partition coefficient (Wildman–Crippen LogP) is 5.75. The normalized spacial score (nSPS) is 12.7. The first kappa shape index (κ1) is 13.1. The topological polar surface area (TPSA) is 0 Å². The van der Waals surface area contributed by atoms with Gasteiger partial charge in [-0.2, -0.15) is 0 Å². The monoisotopic (exact) mass is 288 g/mol. The summed E-state index contributed by atoms with van der Waals surface area (Å²) < 4.78 is 0. The fourth-order valence-corrected chi connectivity index (χ4v) is 2.34. The molecule has 0 saturated carbocycles. The molecule has 0 amide bonds. The Bertz CT molecular complexity index is 268. The Morgan fingerprint density at radius 2 is 1.80 bits per heavy atom. The van der Waals surface area contributed by atoms with Crippen LogP contribution >= 0.6 is 27.5 Å². The molecule has 0 aliphatic rings. The number of benzene rings is 1. The van der Waals surface area contributed by atoms with E-state index in [4.69, 9.17) is 11.6 Å². The van der Waals surface area contributed by atoms with Crippen molar-refractivity contribution in [1.82, 2.24) is 0 Å². The maximum Gasteiger partial charge on any atom is 0.0406 e. The molecule has 1 aromatic carbocycles. The second-order valence-electron chi connectivity index (χ2n) is 3.87. The van der Waals surface area contributed by atoms with Gasteiger partial charge in [0.1, 0.15) is 0 Å². The Hall–Kier alpha value is -0.0100. The molecule has 2 heteroatoms. The highest BCUT2D eigenvalue weighted by atomic mass is 79.9. The smallest absolute Gasteiger partial charge is 0.0406 e. The molecule has 0 aliphatic carbocycles. The van der Waals surface area contributed by atoms with Gasteiger partial charge in [-0.05, 0) is 24.1 Å². The van der Waals surface area contributed by atoms with Crippen LogP contribution < -0.4 is 0 Å². The van der Waals surface area contributed by atoms with Crippen LogP contribution in [0.4, 0.5) is 0 Å². The molecule has 0 radical (unpaired) electrons. The third kappa shape index (κ3) is 5.03. The zero-order valence-electron chi connectivity index (χ0n) is 9.18. The molecule has 0 N–H and O–H groups in total. The molecule has 0 bridgehead atoms. The van der Waals surface area contributed by atoms with Gasteiger partial charge in [0.05, 0.1) is 0 Å². The van der Waals surface area contributed by atoms with Crippen molar-refractivity contribution in [2.45, 2.75) is 43.9 Å². The van der Waals surface area contributed by atoms with Crippen molar-refractivity contribution in [2.24, 2.45) is 0 Å². The molecule has 1 rings (SSSR count). The second-order valence-corrected chi connectivity index (χ2v) is 5.41. The molecule has 0 saturated heterocycles. The van der Waals surface area contributed by atoms with Crippen LogP contribution in [0.1, 0.15) is 49.4 Å². The highest BCUT2D eigenvalue weighted by molar-refractivity contribution is 9.09. The van der Waals surface area contributed by atoms with E-state index in [1.165, 1.54) is 37.7 Å². The average molecular weight is 290 g/mol. The molecule has 0 heterocycles. The van der Waals surface area contributed by atoms with E-state index in [1.54, 1.807) is 0 Å². The van der Waals surface area contributed by atoms with Gasteiger partial charge < -0.3 is 0 Å². The maximum atomic E-state index is 5.85. The van der Waals surface area contributed by atoms with E-state index in [9.17, 15) is 0 Å². The van der Waals surface area contributed by atoms with Gasteiger partial charge in [-0.25, -0.2) is 0 Å². The number of halogens is 2. The van der Waals surface area contributed by atoms with Crippen molar-refractivity contribution in [3.63, 3.8) is 0 Å². The molecule has 0 aromatic heterocycles. The van der Waals surface area contributed by atoms with Gasteiger partial charge in [0.2, 0.25) is 0 Å². The molecular weight excluding hydrogens is 272 g/mol. The van der Waals surface area contributed by atoms with E-state index in [0.29, 0.717) is 4.83 Å². The first-order valence-electron chi connectivity index (χ1n) is 5.63. The van der Waals surface area contributed by atoms with Gasteiger partial charge in [0.15, 0.2) is 0 Å². The van der Waals surface area contributed by atoms with Crippen LogP contribution in [0.25, 0.3) is 0 Å². The largest absolute Gasteiger partial charge is 0.0843 e. The number of unbranched alkanes of at least 4 members (excludes halogenated alkanes) is 3. The van der Waals surface area contributed by atoms with Gasteiger partial charge in [-0.1, -0.05) is 72.3 Å². The van der Waals surface area contributed by atoms with E-state index in [0.717, 1.165) is 5.02 Å². The van der Waals surface area contributed by atoms with Crippen molar-refractivity contribution < 1.29 is 0 Å². The summed E-state index contributed by atoms with van der Waals surface area (Å²) in [6.07, 6.45) is 6.49. The van der Waals surface area contributed by atoms with Crippen LogP contribution in [0, 0.1) is 0 Å². The fourth-order valence-electron chi connectivity index (χ4n) is 1.59. The minimum absolute atomic E-state index is 0.478. The molecule has 0 fully saturated rings. The Morgan fingerprint density at radius 3 is 2.40 bits per heavy atom. The molecule has 0 spiro atoms. The van der Waals surface area contributed by atoms with Crippen LogP contribution in [-0.4, -0.2) is 0 Å². The number of hydrogen-bond donors (Lipinski definition) is 0. The van der Waals surface area contributed by atoms with Gasteiger partial charge in [-0.3, -0.25) is 0 Å². The highest BCUT2D eigenvalue weighted by Gasteiger charge is 2.06. The fraction of sp³-hybridized carbons (Fsp3) is 0.538. The minimum atomic E-state index is 0.478. The first-order valence-corrected chi connectivity index (χ1v) is 6.93. The summed E-state index contributed by atoms with van der Waals surface area (Å²) in [5, 5.41) is 0.810. The third-order valence-corrected chi connectivity index (χ3v) is 3.78. The summed E-state index contributed by atoms with van der Waals surface area (Å²) in [4.78, 5) is 0.478. The second kappa shape index (κ2) is 7.29. The number of hydrogen-bond acceptors (Lipinski definition) is 0. The van der Waals surface area contributed by atoms with Crippen LogP contribution in [0.2, 0.25) is 5.02 Å². The highest BCUT2D eigenvalue weighted by Crippen LogP contribution is 2.29. The van der Waals surface area contributed by atoms with E-state index in [2.05, 4.69) is 35.0 Å². The van der Waals surface area contributed by atoms with Crippen LogP contribution in [0.15, 0.2) is 24.3 Å². The summed E-state index contributed by atoms with van der Waals surface area (Å²) in [5.41, 5.74) is 1.33. The standard InChI is InChI=1S/C13H18BrCl/c1-2-3-4-5-6-13(14)11-7-9-12(15)10-8-11/h7-10,13H,2-6H2,1H3.